The second-order valence-electron chi connectivity index (χ2n) is 4.81. The van der Waals surface area contributed by atoms with Crippen molar-refractivity contribution in [1.82, 2.24) is 4.98 Å². The van der Waals surface area contributed by atoms with Crippen molar-refractivity contribution in [2.45, 2.75) is 26.9 Å². The summed E-state index contributed by atoms with van der Waals surface area (Å²) >= 11 is 13.1. The number of carbonyl (C=O) groups excluding carboxylic acids is 2. The Morgan fingerprint density at radius 3 is 2.61 bits per heavy atom. The normalized spacial score (nSPS) is 11.9. The first-order valence-corrected chi connectivity index (χ1v) is 8.26. The largest absolute Gasteiger partial charge is 0.448 e. The third-order valence-electron chi connectivity index (χ3n) is 2.93. The van der Waals surface area contributed by atoms with E-state index in [4.69, 9.17) is 27.9 Å². The first-order chi connectivity index (χ1) is 10.8. The molecule has 122 valence electrons. The molecule has 8 heteroatoms. The summed E-state index contributed by atoms with van der Waals surface area (Å²) < 4.78 is 5.18. The van der Waals surface area contributed by atoms with Gasteiger partial charge in [0.1, 0.15) is 4.88 Å². The number of anilines is 1. The summed E-state index contributed by atoms with van der Waals surface area (Å²) in [4.78, 5) is 28.8. The Balaban J connectivity index is 2.04. The van der Waals surface area contributed by atoms with Gasteiger partial charge in [0.15, 0.2) is 6.10 Å². The molecule has 2 aromatic rings. The van der Waals surface area contributed by atoms with Gasteiger partial charge < -0.3 is 10.1 Å². The summed E-state index contributed by atoms with van der Waals surface area (Å²) in [6.45, 7) is 5.00. The van der Waals surface area contributed by atoms with Crippen LogP contribution in [-0.4, -0.2) is 23.0 Å². The van der Waals surface area contributed by atoms with Crippen molar-refractivity contribution in [3.8, 4) is 0 Å². The van der Waals surface area contributed by atoms with Gasteiger partial charge in [0, 0.05) is 5.02 Å². The lowest BCUT2D eigenvalue weighted by molar-refractivity contribution is -0.123. The lowest BCUT2D eigenvalue weighted by Gasteiger charge is -2.14. The van der Waals surface area contributed by atoms with Crippen molar-refractivity contribution in [2.24, 2.45) is 0 Å². The molecule has 0 aliphatic carbocycles. The van der Waals surface area contributed by atoms with E-state index in [0.717, 1.165) is 5.01 Å². The third kappa shape index (κ3) is 4.43. The minimum Gasteiger partial charge on any atom is -0.448 e. The summed E-state index contributed by atoms with van der Waals surface area (Å²) in [5.41, 5.74) is 0.944. The molecule has 2 rings (SSSR count). The van der Waals surface area contributed by atoms with E-state index in [1.165, 1.54) is 24.3 Å². The molecule has 0 saturated heterocycles. The molecule has 0 fully saturated rings. The number of amides is 1. The molecule has 0 radical (unpaired) electrons. The Kier molecular flexibility index (Phi) is 5.62. The van der Waals surface area contributed by atoms with Gasteiger partial charge in [-0.15, -0.1) is 11.3 Å². The van der Waals surface area contributed by atoms with Gasteiger partial charge in [0.25, 0.3) is 5.91 Å². The van der Waals surface area contributed by atoms with Gasteiger partial charge in [0.05, 0.1) is 21.4 Å². The summed E-state index contributed by atoms with van der Waals surface area (Å²) in [7, 11) is 0. The van der Waals surface area contributed by atoms with E-state index in [2.05, 4.69) is 10.3 Å². The Bertz CT molecular complexity index is 761. The average molecular weight is 373 g/mol. The summed E-state index contributed by atoms with van der Waals surface area (Å²) in [6.07, 6.45) is -0.987. The molecule has 1 atom stereocenters. The highest BCUT2D eigenvalue weighted by Crippen LogP contribution is 2.26. The predicted octanol–water partition coefficient (Wildman–Crippen LogP) is 4.25. The Morgan fingerprint density at radius 2 is 2.00 bits per heavy atom. The molecule has 0 saturated carbocycles. The van der Waals surface area contributed by atoms with E-state index in [1.54, 1.807) is 26.0 Å². The second-order valence-corrected chi connectivity index (χ2v) is 6.86. The Morgan fingerprint density at radius 1 is 1.30 bits per heavy atom. The fourth-order valence-electron chi connectivity index (χ4n) is 1.82. The molecule has 5 nitrogen and oxygen atoms in total. The zero-order chi connectivity index (χ0) is 17.1. The van der Waals surface area contributed by atoms with Crippen LogP contribution in [0.5, 0.6) is 0 Å². The fourth-order valence-corrected chi connectivity index (χ4v) is 2.96. The summed E-state index contributed by atoms with van der Waals surface area (Å²) in [6, 6.07) is 4.70. The van der Waals surface area contributed by atoms with E-state index < -0.39 is 18.0 Å². The second kappa shape index (κ2) is 7.29. The number of benzene rings is 1. The third-order valence-corrected chi connectivity index (χ3v) is 4.55. The quantitative estimate of drug-likeness (QED) is 0.814. The number of carbonyl (C=O) groups is 2. The molecule has 1 amide bonds. The topological polar surface area (TPSA) is 68.3 Å². The molecule has 0 aliphatic rings. The van der Waals surface area contributed by atoms with Gasteiger partial charge in [-0.3, -0.25) is 4.79 Å². The van der Waals surface area contributed by atoms with Gasteiger partial charge in [-0.2, -0.15) is 0 Å². The summed E-state index contributed by atoms with van der Waals surface area (Å²) in [5.74, 6) is -1.07. The number of hydrogen-bond donors (Lipinski definition) is 1. The number of aryl methyl sites for hydroxylation is 2. The van der Waals surface area contributed by atoms with Crippen LogP contribution in [0.4, 0.5) is 5.69 Å². The predicted molar refractivity (Wildman–Crippen MR) is 91.6 cm³/mol. The number of ether oxygens (including phenoxy) is 1. The molecule has 0 bridgehead atoms. The molecular formula is C15H14Cl2N2O3S. The molecule has 1 unspecified atom stereocenters. The van der Waals surface area contributed by atoms with Crippen molar-refractivity contribution in [3.05, 3.63) is 43.8 Å². The van der Waals surface area contributed by atoms with Gasteiger partial charge in [0.2, 0.25) is 0 Å². The van der Waals surface area contributed by atoms with Gasteiger partial charge >= 0.3 is 5.97 Å². The maximum atomic E-state index is 12.1. The van der Waals surface area contributed by atoms with Crippen LogP contribution in [0.2, 0.25) is 10.0 Å². The van der Waals surface area contributed by atoms with E-state index >= 15 is 0 Å². The van der Waals surface area contributed by atoms with E-state index in [9.17, 15) is 9.59 Å². The minimum absolute atomic E-state index is 0.343. The summed E-state index contributed by atoms with van der Waals surface area (Å²) in [5, 5.41) is 4.12. The highest BCUT2D eigenvalue weighted by atomic mass is 35.5. The first-order valence-electron chi connectivity index (χ1n) is 6.69. The number of thiazole rings is 1. The number of hydrogen-bond acceptors (Lipinski definition) is 5. The zero-order valence-corrected chi connectivity index (χ0v) is 15.0. The van der Waals surface area contributed by atoms with Crippen LogP contribution in [0, 0.1) is 13.8 Å². The molecule has 1 heterocycles. The molecule has 0 spiro atoms. The highest BCUT2D eigenvalue weighted by Gasteiger charge is 2.22. The molecule has 23 heavy (non-hydrogen) atoms. The molecule has 1 aromatic carbocycles. The Hall–Kier alpha value is -1.63. The molecular weight excluding hydrogens is 359 g/mol. The van der Waals surface area contributed by atoms with Gasteiger partial charge in [-0.05, 0) is 39.0 Å². The number of aromatic nitrogens is 1. The van der Waals surface area contributed by atoms with Gasteiger partial charge in [-0.1, -0.05) is 23.2 Å². The SMILES string of the molecule is Cc1nc(C)c(C(=O)OC(C)C(=O)Nc2cc(Cl)ccc2Cl)s1. The molecule has 1 N–H and O–H groups in total. The average Bonchev–Trinajstić information content (AvgIpc) is 2.81. The number of esters is 1. The van der Waals surface area contributed by atoms with E-state index in [1.807, 2.05) is 0 Å². The monoisotopic (exact) mass is 372 g/mol. The lowest BCUT2D eigenvalue weighted by Crippen LogP contribution is -2.30. The van der Waals surface area contributed by atoms with Crippen molar-refractivity contribution in [3.63, 3.8) is 0 Å². The van der Waals surface area contributed by atoms with Crippen LogP contribution < -0.4 is 5.32 Å². The standard InChI is InChI=1S/C15H14Cl2N2O3S/c1-7-13(23-9(3)18-7)15(21)22-8(2)14(20)19-12-6-10(16)4-5-11(12)17/h4-6,8H,1-3H3,(H,19,20). The number of nitrogens with zero attached hydrogens (tertiary/aromatic N) is 1. The maximum absolute atomic E-state index is 12.1. The first kappa shape index (κ1) is 17.7. The Labute approximate surface area is 147 Å². The highest BCUT2D eigenvalue weighted by molar-refractivity contribution is 7.13. The van der Waals surface area contributed by atoms with Gasteiger partial charge in [-0.25, -0.2) is 9.78 Å². The maximum Gasteiger partial charge on any atom is 0.351 e. The number of rotatable bonds is 4. The van der Waals surface area contributed by atoms with Crippen molar-refractivity contribution < 1.29 is 14.3 Å². The van der Waals surface area contributed by atoms with Crippen molar-refractivity contribution in [1.29, 1.82) is 0 Å². The lowest BCUT2D eigenvalue weighted by atomic mass is 10.3. The fraction of sp³-hybridized carbons (Fsp3) is 0.267. The number of nitrogens with one attached hydrogen (secondary N) is 1. The van der Waals surface area contributed by atoms with Crippen LogP contribution >= 0.6 is 34.5 Å². The molecule has 1 aromatic heterocycles. The van der Waals surface area contributed by atoms with Crippen molar-refractivity contribution >= 4 is 52.1 Å². The van der Waals surface area contributed by atoms with Crippen LogP contribution in [-0.2, 0) is 9.53 Å². The van der Waals surface area contributed by atoms with E-state index in [-0.39, 0.29) is 0 Å². The van der Waals surface area contributed by atoms with E-state index in [0.29, 0.717) is 26.3 Å². The number of halogens is 2. The van der Waals surface area contributed by atoms with Crippen molar-refractivity contribution in [2.75, 3.05) is 5.32 Å². The van der Waals surface area contributed by atoms with Crippen LogP contribution in [0.1, 0.15) is 27.3 Å². The molecule has 0 aliphatic heterocycles. The smallest absolute Gasteiger partial charge is 0.351 e. The minimum atomic E-state index is -0.987. The van der Waals surface area contributed by atoms with Crippen LogP contribution in [0.25, 0.3) is 0 Å². The van der Waals surface area contributed by atoms with Crippen LogP contribution in [0.15, 0.2) is 18.2 Å². The zero-order valence-electron chi connectivity index (χ0n) is 12.6. The van der Waals surface area contributed by atoms with Crippen LogP contribution in [0.3, 0.4) is 0 Å².